The zero-order valence-electron chi connectivity index (χ0n) is 18.6. The average molecular weight is 440 g/mol. The Morgan fingerprint density at radius 2 is 1.59 bits per heavy atom. The van der Waals surface area contributed by atoms with Crippen molar-refractivity contribution < 1.29 is 23.9 Å². The fourth-order valence-corrected chi connectivity index (χ4v) is 3.00. The van der Waals surface area contributed by atoms with Crippen LogP contribution in [0.1, 0.15) is 34.8 Å². The quantitative estimate of drug-likeness (QED) is 0.554. The second-order valence-electron chi connectivity index (χ2n) is 7.34. The molecule has 0 radical (unpaired) electrons. The van der Waals surface area contributed by atoms with Gasteiger partial charge in [-0.3, -0.25) is 19.2 Å². The van der Waals surface area contributed by atoms with Crippen LogP contribution in [0.4, 0.5) is 5.69 Å². The van der Waals surface area contributed by atoms with Crippen LogP contribution in [0.2, 0.25) is 0 Å². The van der Waals surface area contributed by atoms with E-state index in [1.807, 2.05) is 38.1 Å². The van der Waals surface area contributed by atoms with Crippen LogP contribution in [0.3, 0.4) is 0 Å². The van der Waals surface area contributed by atoms with Crippen molar-refractivity contribution in [2.75, 3.05) is 31.6 Å². The zero-order valence-corrected chi connectivity index (χ0v) is 18.6. The first-order valence-electron chi connectivity index (χ1n) is 10.4. The SMILES string of the molecule is CCCN(CC(=O)Nc1ccccc1C)C(=O)COC(=O)CNC(=O)c1ccccc1C. The van der Waals surface area contributed by atoms with Crippen molar-refractivity contribution in [1.29, 1.82) is 0 Å². The number of hydrogen-bond donors (Lipinski definition) is 2. The van der Waals surface area contributed by atoms with E-state index in [0.29, 0.717) is 24.2 Å². The van der Waals surface area contributed by atoms with Crippen molar-refractivity contribution in [3.05, 3.63) is 65.2 Å². The summed E-state index contributed by atoms with van der Waals surface area (Å²) in [4.78, 5) is 50.3. The summed E-state index contributed by atoms with van der Waals surface area (Å²) in [5, 5.41) is 5.26. The van der Waals surface area contributed by atoms with E-state index in [1.165, 1.54) is 4.90 Å². The van der Waals surface area contributed by atoms with Crippen LogP contribution in [0.5, 0.6) is 0 Å². The number of esters is 1. The highest BCUT2D eigenvalue weighted by molar-refractivity contribution is 5.97. The van der Waals surface area contributed by atoms with E-state index in [-0.39, 0.29) is 19.0 Å². The Balaban J connectivity index is 1.82. The number of amides is 3. The molecule has 0 fully saturated rings. The molecule has 0 heterocycles. The Morgan fingerprint density at radius 1 is 0.938 bits per heavy atom. The zero-order chi connectivity index (χ0) is 23.5. The fraction of sp³-hybridized carbons (Fsp3) is 0.333. The highest BCUT2D eigenvalue weighted by atomic mass is 16.5. The van der Waals surface area contributed by atoms with E-state index in [0.717, 1.165) is 11.1 Å². The number of aryl methyl sites for hydroxylation is 2. The van der Waals surface area contributed by atoms with Gasteiger partial charge in [0.05, 0.1) is 6.54 Å². The molecule has 32 heavy (non-hydrogen) atoms. The molecule has 0 saturated heterocycles. The lowest BCUT2D eigenvalue weighted by Gasteiger charge is -2.21. The number of para-hydroxylation sites is 1. The first kappa shape index (κ1) is 24.6. The van der Waals surface area contributed by atoms with Gasteiger partial charge < -0.3 is 20.3 Å². The standard InChI is InChI=1S/C24H29N3O5/c1-4-13-27(15-21(28)26-20-12-8-6-10-18(20)3)22(29)16-32-23(30)14-25-24(31)19-11-7-5-9-17(19)2/h5-12H,4,13-16H2,1-3H3,(H,25,31)(H,26,28). The van der Waals surface area contributed by atoms with Crippen LogP contribution in [0, 0.1) is 13.8 Å². The first-order valence-corrected chi connectivity index (χ1v) is 10.4. The summed E-state index contributed by atoms with van der Waals surface area (Å²) in [6.07, 6.45) is 0.643. The third-order valence-electron chi connectivity index (χ3n) is 4.74. The lowest BCUT2D eigenvalue weighted by Crippen LogP contribution is -2.41. The fourth-order valence-electron chi connectivity index (χ4n) is 3.00. The third-order valence-corrected chi connectivity index (χ3v) is 4.74. The molecular weight excluding hydrogens is 410 g/mol. The Labute approximate surface area is 187 Å². The normalized spacial score (nSPS) is 10.2. The van der Waals surface area contributed by atoms with Gasteiger partial charge in [0, 0.05) is 17.8 Å². The smallest absolute Gasteiger partial charge is 0.325 e. The monoisotopic (exact) mass is 439 g/mol. The van der Waals surface area contributed by atoms with E-state index in [9.17, 15) is 19.2 Å². The van der Waals surface area contributed by atoms with Crippen molar-refractivity contribution in [3.8, 4) is 0 Å². The van der Waals surface area contributed by atoms with Gasteiger partial charge in [-0.15, -0.1) is 0 Å². The Morgan fingerprint density at radius 3 is 2.25 bits per heavy atom. The molecule has 2 N–H and O–H groups in total. The molecule has 170 valence electrons. The maximum absolute atomic E-state index is 12.5. The van der Waals surface area contributed by atoms with Crippen molar-refractivity contribution >= 4 is 29.4 Å². The number of carbonyl (C=O) groups excluding carboxylic acids is 4. The Bertz CT molecular complexity index is 974. The predicted octanol–water partition coefficient (Wildman–Crippen LogP) is 2.45. The summed E-state index contributed by atoms with van der Waals surface area (Å²) in [6, 6.07) is 14.3. The van der Waals surface area contributed by atoms with Gasteiger partial charge in [-0.25, -0.2) is 0 Å². The number of anilines is 1. The maximum atomic E-state index is 12.5. The van der Waals surface area contributed by atoms with Crippen molar-refractivity contribution in [3.63, 3.8) is 0 Å². The minimum absolute atomic E-state index is 0.150. The lowest BCUT2D eigenvalue weighted by molar-refractivity contribution is -0.151. The summed E-state index contributed by atoms with van der Waals surface area (Å²) >= 11 is 0. The van der Waals surface area contributed by atoms with Gasteiger partial charge in [0.15, 0.2) is 6.61 Å². The molecular formula is C24H29N3O5. The molecule has 2 rings (SSSR count). The Hall–Kier alpha value is -3.68. The number of benzene rings is 2. The highest BCUT2D eigenvalue weighted by Gasteiger charge is 2.19. The minimum Gasteiger partial charge on any atom is -0.454 e. The number of ether oxygens (including phenoxy) is 1. The summed E-state index contributed by atoms with van der Waals surface area (Å²) < 4.78 is 4.99. The van der Waals surface area contributed by atoms with Crippen molar-refractivity contribution in [2.24, 2.45) is 0 Å². The van der Waals surface area contributed by atoms with E-state index in [4.69, 9.17) is 4.74 Å². The molecule has 0 saturated carbocycles. The first-order chi connectivity index (χ1) is 15.3. The summed E-state index contributed by atoms with van der Waals surface area (Å²) in [5.74, 6) is -1.95. The van der Waals surface area contributed by atoms with E-state index < -0.39 is 24.4 Å². The van der Waals surface area contributed by atoms with Gasteiger partial charge in [-0.1, -0.05) is 43.3 Å². The molecule has 2 aromatic rings. The molecule has 3 amide bonds. The predicted molar refractivity (Wildman–Crippen MR) is 121 cm³/mol. The molecule has 0 spiro atoms. The molecule has 2 aromatic carbocycles. The molecule has 0 atom stereocenters. The molecule has 0 bridgehead atoms. The van der Waals surface area contributed by atoms with Crippen molar-refractivity contribution in [1.82, 2.24) is 10.2 Å². The molecule has 0 aliphatic carbocycles. The molecule has 8 heteroatoms. The van der Waals surface area contributed by atoms with E-state index in [2.05, 4.69) is 10.6 Å². The summed E-state index contributed by atoms with van der Waals surface area (Å²) in [5.41, 5.74) is 2.84. The number of hydrogen-bond acceptors (Lipinski definition) is 5. The van der Waals surface area contributed by atoms with Gasteiger partial charge in [0.25, 0.3) is 11.8 Å². The molecule has 0 unspecified atom stereocenters. The Kier molecular flexibility index (Phi) is 9.41. The van der Waals surface area contributed by atoms with Crippen LogP contribution in [-0.4, -0.2) is 54.8 Å². The molecule has 0 aliphatic rings. The lowest BCUT2D eigenvalue weighted by atomic mass is 10.1. The van der Waals surface area contributed by atoms with E-state index in [1.54, 1.807) is 31.2 Å². The van der Waals surface area contributed by atoms with Crippen LogP contribution in [0.15, 0.2) is 48.5 Å². The second kappa shape index (κ2) is 12.2. The molecule has 0 aromatic heterocycles. The van der Waals surface area contributed by atoms with Gasteiger partial charge in [0.1, 0.15) is 6.54 Å². The largest absolute Gasteiger partial charge is 0.454 e. The van der Waals surface area contributed by atoms with Crippen LogP contribution >= 0.6 is 0 Å². The van der Waals surface area contributed by atoms with Gasteiger partial charge in [0.2, 0.25) is 5.91 Å². The second-order valence-corrected chi connectivity index (χ2v) is 7.34. The number of rotatable bonds is 10. The molecule has 0 aliphatic heterocycles. The van der Waals surface area contributed by atoms with Crippen LogP contribution < -0.4 is 10.6 Å². The minimum atomic E-state index is -0.735. The number of carbonyl (C=O) groups is 4. The van der Waals surface area contributed by atoms with E-state index >= 15 is 0 Å². The maximum Gasteiger partial charge on any atom is 0.325 e. The summed E-state index contributed by atoms with van der Waals surface area (Å²) in [6.45, 7) is 4.89. The number of nitrogens with zero attached hydrogens (tertiary/aromatic N) is 1. The van der Waals surface area contributed by atoms with Crippen molar-refractivity contribution in [2.45, 2.75) is 27.2 Å². The third kappa shape index (κ3) is 7.54. The van der Waals surface area contributed by atoms with Gasteiger partial charge in [-0.05, 0) is 43.5 Å². The van der Waals surface area contributed by atoms with Gasteiger partial charge >= 0.3 is 5.97 Å². The van der Waals surface area contributed by atoms with Crippen LogP contribution in [0.25, 0.3) is 0 Å². The number of nitrogens with one attached hydrogen (secondary N) is 2. The highest BCUT2D eigenvalue weighted by Crippen LogP contribution is 2.13. The summed E-state index contributed by atoms with van der Waals surface area (Å²) in [7, 11) is 0. The van der Waals surface area contributed by atoms with Crippen LogP contribution in [-0.2, 0) is 19.1 Å². The average Bonchev–Trinajstić information content (AvgIpc) is 2.77. The topological polar surface area (TPSA) is 105 Å². The van der Waals surface area contributed by atoms with Gasteiger partial charge in [-0.2, -0.15) is 0 Å². The molecule has 8 nitrogen and oxygen atoms in total.